The largest absolute Gasteiger partial charge is 0.497 e. The van der Waals surface area contributed by atoms with Gasteiger partial charge in [0, 0.05) is 23.0 Å². The minimum Gasteiger partial charge on any atom is -0.497 e. The Morgan fingerprint density at radius 3 is 2.32 bits per heavy atom. The van der Waals surface area contributed by atoms with Crippen LogP contribution in [0.1, 0.15) is 5.56 Å². The van der Waals surface area contributed by atoms with Gasteiger partial charge in [-0.1, -0.05) is 36.4 Å². The highest BCUT2D eigenvalue weighted by Crippen LogP contribution is 2.25. The molecule has 3 aromatic carbocycles. The average Bonchev–Trinajstić information content (AvgIpc) is 3.24. The summed E-state index contributed by atoms with van der Waals surface area (Å²) in [6.07, 6.45) is 3.65. The zero-order valence-corrected chi connectivity index (χ0v) is 17.7. The Kier molecular flexibility index (Phi) is 6.35. The van der Waals surface area contributed by atoms with Gasteiger partial charge < -0.3 is 10.1 Å². The molecule has 0 saturated heterocycles. The molecule has 6 nitrogen and oxygen atoms in total. The fourth-order valence-electron chi connectivity index (χ4n) is 3.01. The third-order valence-electron chi connectivity index (χ3n) is 4.53. The molecule has 0 saturated carbocycles. The summed E-state index contributed by atoms with van der Waals surface area (Å²) in [5, 5.41) is 12.6. The minimum absolute atomic E-state index is 0.406. The van der Waals surface area contributed by atoms with E-state index in [4.69, 9.17) is 22.1 Å². The molecule has 0 atom stereocenters. The molecule has 7 heteroatoms. The number of para-hydroxylation sites is 2. The highest BCUT2D eigenvalue weighted by Gasteiger charge is 2.11. The molecule has 0 fully saturated rings. The van der Waals surface area contributed by atoms with Crippen LogP contribution in [0.4, 0.5) is 5.69 Å². The first kappa shape index (κ1) is 20.3. The van der Waals surface area contributed by atoms with Crippen LogP contribution in [0.25, 0.3) is 16.9 Å². The number of thiocarbonyl (C=S) groups is 1. The van der Waals surface area contributed by atoms with E-state index in [9.17, 15) is 0 Å². The summed E-state index contributed by atoms with van der Waals surface area (Å²) >= 11 is 5.32. The number of nitrogens with zero attached hydrogens (tertiary/aromatic N) is 3. The number of rotatable bonds is 6. The van der Waals surface area contributed by atoms with Crippen LogP contribution in [-0.2, 0) is 0 Å². The second kappa shape index (κ2) is 9.69. The summed E-state index contributed by atoms with van der Waals surface area (Å²) in [5.41, 5.74) is 7.33. The summed E-state index contributed by atoms with van der Waals surface area (Å²) in [6, 6.07) is 27.4. The number of hydrogen-bond donors (Lipinski definition) is 2. The van der Waals surface area contributed by atoms with Crippen molar-refractivity contribution >= 4 is 29.2 Å². The molecule has 0 aliphatic carbocycles. The van der Waals surface area contributed by atoms with Gasteiger partial charge in [-0.25, -0.2) is 4.68 Å². The van der Waals surface area contributed by atoms with Crippen molar-refractivity contribution in [2.75, 3.05) is 12.4 Å². The van der Waals surface area contributed by atoms with Gasteiger partial charge in [-0.05, 0) is 60.7 Å². The maximum Gasteiger partial charge on any atom is 0.191 e. The van der Waals surface area contributed by atoms with Crippen molar-refractivity contribution in [2.45, 2.75) is 0 Å². The second-order valence-electron chi connectivity index (χ2n) is 6.63. The van der Waals surface area contributed by atoms with E-state index in [2.05, 4.69) is 15.8 Å². The van der Waals surface area contributed by atoms with Gasteiger partial charge in [-0.15, -0.1) is 0 Å². The highest BCUT2D eigenvalue weighted by molar-refractivity contribution is 7.80. The van der Waals surface area contributed by atoms with Crippen LogP contribution in [0.2, 0.25) is 0 Å². The number of aromatic nitrogens is 2. The summed E-state index contributed by atoms with van der Waals surface area (Å²) in [5.74, 6) is 0.792. The molecular weight excluding hydrogens is 406 g/mol. The average molecular weight is 428 g/mol. The molecule has 0 spiro atoms. The second-order valence-corrected chi connectivity index (χ2v) is 7.04. The van der Waals surface area contributed by atoms with E-state index in [-0.39, 0.29) is 0 Å². The molecule has 4 aromatic rings. The predicted octanol–water partition coefficient (Wildman–Crippen LogP) is 4.87. The Balaban J connectivity index is 1.58. The molecule has 4 rings (SSSR count). The standard InChI is InChI=1S/C24H21N5OS/c1-30-22-14-12-18(13-15-22)23-19(17-29(28-23)21-10-6-3-7-11-21)16-25-27-24(31)26-20-8-4-2-5-9-20/h2-17H,1H3,(H2,26,27,31)/b25-16+. The van der Waals surface area contributed by atoms with Gasteiger partial charge in [0.25, 0.3) is 0 Å². The SMILES string of the molecule is COc1ccc(-c2nn(-c3ccccc3)cc2/C=N/NC(=S)Nc2ccccc2)cc1. The Morgan fingerprint density at radius 2 is 1.65 bits per heavy atom. The summed E-state index contributed by atoms with van der Waals surface area (Å²) < 4.78 is 7.10. The number of hydrogen-bond acceptors (Lipinski definition) is 4. The van der Waals surface area contributed by atoms with Gasteiger partial charge in [0.1, 0.15) is 11.4 Å². The van der Waals surface area contributed by atoms with Crippen LogP contribution >= 0.6 is 12.2 Å². The summed E-state index contributed by atoms with van der Waals surface area (Å²) in [6.45, 7) is 0. The first-order valence-corrected chi connectivity index (χ1v) is 10.1. The smallest absolute Gasteiger partial charge is 0.191 e. The van der Waals surface area contributed by atoms with Crippen molar-refractivity contribution in [1.29, 1.82) is 0 Å². The van der Waals surface area contributed by atoms with E-state index in [0.717, 1.165) is 33.9 Å². The van der Waals surface area contributed by atoms with Gasteiger partial charge in [-0.3, -0.25) is 5.43 Å². The molecule has 0 radical (unpaired) electrons. The van der Waals surface area contributed by atoms with Crippen molar-refractivity contribution in [3.05, 3.63) is 96.7 Å². The zero-order valence-electron chi connectivity index (χ0n) is 16.9. The first-order valence-electron chi connectivity index (χ1n) is 9.67. The minimum atomic E-state index is 0.406. The number of nitrogens with one attached hydrogen (secondary N) is 2. The van der Waals surface area contributed by atoms with Crippen molar-refractivity contribution in [1.82, 2.24) is 15.2 Å². The number of benzene rings is 3. The number of ether oxygens (including phenoxy) is 1. The maximum absolute atomic E-state index is 5.32. The molecule has 0 bridgehead atoms. The molecule has 31 heavy (non-hydrogen) atoms. The lowest BCUT2D eigenvalue weighted by Crippen LogP contribution is -2.23. The van der Waals surface area contributed by atoms with Gasteiger partial charge in [0.05, 0.1) is 19.0 Å². The van der Waals surface area contributed by atoms with Crippen LogP contribution in [0.15, 0.2) is 96.2 Å². The van der Waals surface area contributed by atoms with Gasteiger partial charge in [-0.2, -0.15) is 10.2 Å². The number of hydrazone groups is 1. The summed E-state index contributed by atoms with van der Waals surface area (Å²) in [4.78, 5) is 0. The van der Waals surface area contributed by atoms with Crippen LogP contribution in [0.5, 0.6) is 5.75 Å². The monoisotopic (exact) mass is 427 g/mol. The van der Waals surface area contributed by atoms with Gasteiger partial charge in [0.2, 0.25) is 0 Å². The van der Waals surface area contributed by atoms with Crippen LogP contribution in [-0.4, -0.2) is 28.2 Å². The molecule has 154 valence electrons. The number of methoxy groups -OCH3 is 1. The lowest BCUT2D eigenvalue weighted by Gasteiger charge is -2.06. The normalized spacial score (nSPS) is 10.7. The highest BCUT2D eigenvalue weighted by atomic mass is 32.1. The molecule has 0 aliphatic heterocycles. The Labute approximate surface area is 186 Å². The van der Waals surface area contributed by atoms with Gasteiger partial charge >= 0.3 is 0 Å². The van der Waals surface area contributed by atoms with Crippen molar-refractivity contribution < 1.29 is 4.74 Å². The van der Waals surface area contributed by atoms with Crippen LogP contribution in [0, 0.1) is 0 Å². The summed E-state index contributed by atoms with van der Waals surface area (Å²) in [7, 11) is 1.65. The molecule has 1 heterocycles. The molecule has 1 aromatic heterocycles. The third-order valence-corrected chi connectivity index (χ3v) is 4.72. The molecule has 2 N–H and O–H groups in total. The maximum atomic E-state index is 5.32. The Morgan fingerprint density at radius 1 is 0.968 bits per heavy atom. The fourth-order valence-corrected chi connectivity index (χ4v) is 3.18. The van der Waals surface area contributed by atoms with E-state index < -0.39 is 0 Å². The molecule has 0 aliphatic rings. The van der Waals surface area contributed by atoms with E-state index in [1.165, 1.54) is 0 Å². The first-order chi connectivity index (χ1) is 15.2. The Bertz CT molecular complexity index is 1170. The van der Waals surface area contributed by atoms with E-state index in [0.29, 0.717) is 5.11 Å². The van der Waals surface area contributed by atoms with E-state index in [1.807, 2.05) is 95.8 Å². The topological polar surface area (TPSA) is 63.5 Å². The van der Waals surface area contributed by atoms with Gasteiger partial charge in [0.15, 0.2) is 5.11 Å². The zero-order chi connectivity index (χ0) is 21.5. The van der Waals surface area contributed by atoms with Crippen molar-refractivity contribution in [3.8, 4) is 22.7 Å². The van der Waals surface area contributed by atoms with E-state index in [1.54, 1.807) is 13.3 Å². The van der Waals surface area contributed by atoms with Crippen molar-refractivity contribution in [3.63, 3.8) is 0 Å². The number of anilines is 1. The van der Waals surface area contributed by atoms with Crippen LogP contribution in [0.3, 0.4) is 0 Å². The van der Waals surface area contributed by atoms with E-state index >= 15 is 0 Å². The molecule has 0 unspecified atom stereocenters. The molecular formula is C24H21N5OS. The third kappa shape index (κ3) is 5.15. The van der Waals surface area contributed by atoms with Crippen molar-refractivity contribution in [2.24, 2.45) is 5.10 Å². The van der Waals surface area contributed by atoms with Crippen LogP contribution < -0.4 is 15.5 Å². The fraction of sp³-hybridized carbons (Fsp3) is 0.0417. The lowest BCUT2D eigenvalue weighted by molar-refractivity contribution is 0.415. The predicted molar refractivity (Wildman–Crippen MR) is 129 cm³/mol. The molecule has 0 amide bonds. The quantitative estimate of drug-likeness (QED) is 0.261. The Hall–Kier alpha value is -3.97. The lowest BCUT2D eigenvalue weighted by atomic mass is 10.1.